The Labute approximate surface area is 113 Å². The lowest BCUT2D eigenvalue weighted by Gasteiger charge is -2.33. The van der Waals surface area contributed by atoms with Crippen molar-refractivity contribution in [2.24, 2.45) is 0 Å². The van der Waals surface area contributed by atoms with Gasteiger partial charge in [-0.05, 0) is 43.5 Å². The van der Waals surface area contributed by atoms with Crippen molar-refractivity contribution < 1.29 is 9.90 Å². The Bertz CT molecular complexity index is 521. The Balaban J connectivity index is 2.22. The Kier molecular flexibility index (Phi) is 3.87. The third-order valence-corrected chi connectivity index (χ3v) is 4.04. The van der Waals surface area contributed by atoms with Gasteiger partial charge in [-0.1, -0.05) is 19.1 Å². The molecule has 2 rings (SSSR count). The van der Waals surface area contributed by atoms with E-state index in [-0.39, 0.29) is 0 Å². The van der Waals surface area contributed by atoms with Crippen molar-refractivity contribution >= 4 is 5.97 Å². The number of carbonyl (C=O) groups is 1. The summed E-state index contributed by atoms with van der Waals surface area (Å²) < 4.78 is 0. The summed E-state index contributed by atoms with van der Waals surface area (Å²) in [6, 6.07) is 9.50. The van der Waals surface area contributed by atoms with E-state index in [0.29, 0.717) is 24.9 Å². The van der Waals surface area contributed by atoms with Crippen LogP contribution in [0.1, 0.15) is 37.3 Å². The second-order valence-electron chi connectivity index (χ2n) is 5.03. The number of hydrogen-bond acceptors (Lipinski definition) is 3. The van der Waals surface area contributed by atoms with E-state index < -0.39 is 11.5 Å². The molecule has 1 fully saturated rings. The summed E-state index contributed by atoms with van der Waals surface area (Å²) in [6.45, 7) is 3.32. The van der Waals surface area contributed by atoms with Gasteiger partial charge in [-0.25, -0.2) is 0 Å². The monoisotopic (exact) mass is 258 g/mol. The molecule has 4 heteroatoms. The number of carboxylic acid groups (broad SMARTS) is 1. The average Bonchev–Trinajstić information content (AvgIpc) is 2.83. The van der Waals surface area contributed by atoms with Crippen molar-refractivity contribution in [3.8, 4) is 6.07 Å². The first-order chi connectivity index (χ1) is 9.12. The van der Waals surface area contributed by atoms with Gasteiger partial charge >= 0.3 is 5.97 Å². The Hall–Kier alpha value is -1.86. The summed E-state index contributed by atoms with van der Waals surface area (Å²) in [5, 5.41) is 18.4. The largest absolute Gasteiger partial charge is 0.480 e. The second-order valence-corrected chi connectivity index (χ2v) is 5.03. The first kappa shape index (κ1) is 13.6. The zero-order chi connectivity index (χ0) is 13.9. The summed E-state index contributed by atoms with van der Waals surface area (Å²) >= 11 is 0. The van der Waals surface area contributed by atoms with Gasteiger partial charge in [0.25, 0.3) is 0 Å². The molecule has 1 atom stereocenters. The summed E-state index contributed by atoms with van der Waals surface area (Å²) in [6.07, 6.45) is 2.23. The molecule has 0 radical (unpaired) electrons. The summed E-state index contributed by atoms with van der Waals surface area (Å²) in [5.74, 6) is -0.732. The van der Waals surface area contributed by atoms with Crippen molar-refractivity contribution in [1.82, 2.24) is 4.90 Å². The summed E-state index contributed by atoms with van der Waals surface area (Å²) in [4.78, 5) is 13.6. The number of likely N-dealkylation sites (tertiary alicyclic amines) is 1. The minimum atomic E-state index is -0.733. The van der Waals surface area contributed by atoms with Crippen LogP contribution in [-0.4, -0.2) is 28.1 Å². The molecule has 1 aliphatic rings. The molecule has 100 valence electrons. The van der Waals surface area contributed by atoms with Crippen LogP contribution in [0.5, 0.6) is 0 Å². The molecule has 1 N–H and O–H groups in total. The van der Waals surface area contributed by atoms with E-state index in [9.17, 15) is 9.90 Å². The zero-order valence-electron chi connectivity index (χ0n) is 11.1. The van der Waals surface area contributed by atoms with E-state index in [1.807, 2.05) is 30.0 Å². The normalized spacial score (nSPS) is 23.2. The van der Waals surface area contributed by atoms with E-state index in [0.717, 1.165) is 18.5 Å². The maximum absolute atomic E-state index is 11.6. The molecule has 1 aliphatic heterocycles. The molecule has 0 saturated carbocycles. The number of nitriles is 1. The van der Waals surface area contributed by atoms with Crippen molar-refractivity contribution in [3.05, 3.63) is 35.4 Å². The number of benzene rings is 1. The minimum absolute atomic E-state index is 0.593. The molecule has 1 aromatic rings. The number of carboxylic acids is 1. The van der Waals surface area contributed by atoms with Gasteiger partial charge in [-0.15, -0.1) is 0 Å². The third kappa shape index (κ3) is 2.47. The number of rotatable bonds is 4. The fourth-order valence-corrected chi connectivity index (χ4v) is 2.92. The molecule has 0 amide bonds. The molecule has 0 aromatic heterocycles. The minimum Gasteiger partial charge on any atom is -0.480 e. The van der Waals surface area contributed by atoms with Gasteiger partial charge in [0.2, 0.25) is 0 Å². The summed E-state index contributed by atoms with van der Waals surface area (Å²) in [5.41, 5.74) is 0.886. The molecule has 1 saturated heterocycles. The Morgan fingerprint density at radius 2 is 2.37 bits per heavy atom. The van der Waals surface area contributed by atoms with E-state index in [1.54, 1.807) is 6.07 Å². The van der Waals surface area contributed by atoms with Gasteiger partial charge in [0, 0.05) is 6.54 Å². The molecule has 0 aliphatic carbocycles. The van der Waals surface area contributed by atoms with Crippen LogP contribution in [0, 0.1) is 11.3 Å². The van der Waals surface area contributed by atoms with Crippen LogP contribution in [-0.2, 0) is 11.3 Å². The first-order valence-corrected chi connectivity index (χ1v) is 6.60. The Morgan fingerprint density at radius 1 is 1.58 bits per heavy atom. The fourth-order valence-electron chi connectivity index (χ4n) is 2.92. The summed E-state index contributed by atoms with van der Waals surface area (Å²) in [7, 11) is 0. The SMILES string of the molecule is CCC1(C(=O)O)CCCN1Cc1cccc(C#N)c1. The maximum Gasteiger partial charge on any atom is 0.324 e. The number of hydrogen-bond donors (Lipinski definition) is 1. The number of nitrogens with zero attached hydrogens (tertiary/aromatic N) is 2. The zero-order valence-corrected chi connectivity index (χ0v) is 11.1. The standard InChI is InChI=1S/C15H18N2O2/c1-2-15(14(18)19)7-4-8-17(15)11-13-6-3-5-12(9-13)10-16/h3,5-6,9H,2,4,7-8,11H2,1H3,(H,18,19). The molecule has 0 spiro atoms. The highest BCUT2D eigenvalue weighted by molar-refractivity contribution is 5.79. The van der Waals surface area contributed by atoms with Crippen LogP contribution in [0.2, 0.25) is 0 Å². The van der Waals surface area contributed by atoms with Crippen LogP contribution < -0.4 is 0 Å². The lowest BCUT2D eigenvalue weighted by atomic mass is 9.92. The molecular formula is C15H18N2O2. The average molecular weight is 258 g/mol. The lowest BCUT2D eigenvalue weighted by molar-refractivity contribution is -0.150. The smallest absolute Gasteiger partial charge is 0.324 e. The van der Waals surface area contributed by atoms with Crippen LogP contribution in [0.15, 0.2) is 24.3 Å². The molecular weight excluding hydrogens is 240 g/mol. The van der Waals surface area contributed by atoms with Crippen molar-refractivity contribution in [2.45, 2.75) is 38.3 Å². The third-order valence-electron chi connectivity index (χ3n) is 4.04. The van der Waals surface area contributed by atoms with Gasteiger partial charge < -0.3 is 5.11 Å². The predicted octanol–water partition coefficient (Wildman–Crippen LogP) is 2.39. The van der Waals surface area contributed by atoms with Crippen LogP contribution in [0.4, 0.5) is 0 Å². The van der Waals surface area contributed by atoms with Gasteiger partial charge in [-0.2, -0.15) is 5.26 Å². The predicted molar refractivity (Wildman–Crippen MR) is 71.5 cm³/mol. The van der Waals surface area contributed by atoms with Crippen molar-refractivity contribution in [3.63, 3.8) is 0 Å². The molecule has 1 aromatic carbocycles. The van der Waals surface area contributed by atoms with E-state index in [1.165, 1.54) is 0 Å². The lowest BCUT2D eigenvalue weighted by Crippen LogP contribution is -2.49. The van der Waals surface area contributed by atoms with Crippen LogP contribution >= 0.6 is 0 Å². The van der Waals surface area contributed by atoms with Gasteiger partial charge in [0.1, 0.15) is 5.54 Å². The molecule has 0 bridgehead atoms. The quantitative estimate of drug-likeness (QED) is 0.900. The number of aliphatic carboxylic acids is 1. The molecule has 1 unspecified atom stereocenters. The highest BCUT2D eigenvalue weighted by atomic mass is 16.4. The molecule has 1 heterocycles. The highest BCUT2D eigenvalue weighted by Gasteiger charge is 2.45. The topological polar surface area (TPSA) is 64.3 Å². The van der Waals surface area contributed by atoms with E-state index in [2.05, 4.69) is 6.07 Å². The maximum atomic E-state index is 11.6. The van der Waals surface area contributed by atoms with Crippen molar-refractivity contribution in [2.75, 3.05) is 6.54 Å². The Morgan fingerprint density at radius 3 is 3.00 bits per heavy atom. The molecule has 19 heavy (non-hydrogen) atoms. The fraction of sp³-hybridized carbons (Fsp3) is 0.467. The van der Waals surface area contributed by atoms with Crippen LogP contribution in [0.3, 0.4) is 0 Å². The van der Waals surface area contributed by atoms with Gasteiger partial charge in [-0.3, -0.25) is 9.69 Å². The van der Waals surface area contributed by atoms with Crippen LogP contribution in [0.25, 0.3) is 0 Å². The van der Waals surface area contributed by atoms with Crippen molar-refractivity contribution in [1.29, 1.82) is 5.26 Å². The first-order valence-electron chi connectivity index (χ1n) is 6.60. The van der Waals surface area contributed by atoms with E-state index in [4.69, 9.17) is 5.26 Å². The second kappa shape index (κ2) is 5.41. The highest BCUT2D eigenvalue weighted by Crippen LogP contribution is 2.34. The van der Waals surface area contributed by atoms with Gasteiger partial charge in [0.05, 0.1) is 11.6 Å². The molecule has 4 nitrogen and oxygen atoms in total. The van der Waals surface area contributed by atoms with Gasteiger partial charge in [0.15, 0.2) is 0 Å². The van der Waals surface area contributed by atoms with E-state index >= 15 is 0 Å².